The Bertz CT molecular complexity index is 995. The molecule has 2 amide bonds. The topological polar surface area (TPSA) is 78.6 Å². The Kier molecular flexibility index (Phi) is 7.51. The number of anilines is 1. The molecule has 1 saturated heterocycles. The fourth-order valence-electron chi connectivity index (χ4n) is 4.60. The van der Waals surface area contributed by atoms with E-state index >= 15 is 0 Å². The summed E-state index contributed by atoms with van der Waals surface area (Å²) >= 11 is -0.149. The average Bonchev–Trinajstić information content (AvgIpc) is 3.20. The maximum Gasteiger partial charge on any atom is 0.446 e. The fraction of sp³-hybridized carbons (Fsp3) is 0.522. The number of urea groups is 1. The zero-order chi connectivity index (χ0) is 24.3. The van der Waals surface area contributed by atoms with Gasteiger partial charge in [0.2, 0.25) is 0 Å². The molecule has 34 heavy (non-hydrogen) atoms. The van der Waals surface area contributed by atoms with Crippen LogP contribution in [0.2, 0.25) is 0 Å². The second-order valence-electron chi connectivity index (χ2n) is 8.66. The van der Waals surface area contributed by atoms with E-state index in [1.165, 1.54) is 17.7 Å². The van der Waals surface area contributed by atoms with E-state index in [-0.39, 0.29) is 22.7 Å². The summed E-state index contributed by atoms with van der Waals surface area (Å²) in [5, 5.41) is 0. The molecule has 0 unspecified atom stereocenters. The number of hydrogen-bond acceptors (Lipinski definition) is 6. The van der Waals surface area contributed by atoms with Crippen molar-refractivity contribution < 1.29 is 18.0 Å². The van der Waals surface area contributed by atoms with Crippen molar-refractivity contribution in [2.24, 2.45) is 5.73 Å². The van der Waals surface area contributed by atoms with Crippen molar-refractivity contribution in [3.8, 4) is 0 Å². The third-order valence-electron chi connectivity index (χ3n) is 6.30. The molecule has 2 N–H and O–H groups in total. The number of benzene rings is 1. The largest absolute Gasteiger partial charge is 0.446 e. The van der Waals surface area contributed by atoms with Crippen molar-refractivity contribution >= 4 is 23.6 Å². The minimum absolute atomic E-state index is 0.111. The van der Waals surface area contributed by atoms with Gasteiger partial charge in [-0.15, -0.1) is 0 Å². The summed E-state index contributed by atoms with van der Waals surface area (Å²) < 4.78 is 37.7. The van der Waals surface area contributed by atoms with Gasteiger partial charge < -0.3 is 20.4 Å². The SMILES string of the molecule is C[C@@H]1CCc2ncnc(N3CCN(C(=O)N(CCN)Cc4ccc(SC(F)(F)F)cc4)CC3)c21. The number of amides is 2. The van der Waals surface area contributed by atoms with Gasteiger partial charge in [-0.05, 0) is 48.2 Å². The molecular formula is C23H29F3N6OS. The Labute approximate surface area is 201 Å². The third kappa shape index (κ3) is 5.75. The maximum absolute atomic E-state index is 13.2. The molecular weight excluding hydrogens is 465 g/mol. The van der Waals surface area contributed by atoms with Crippen molar-refractivity contribution in [3.05, 3.63) is 47.4 Å². The molecule has 2 aliphatic rings. The highest BCUT2D eigenvalue weighted by molar-refractivity contribution is 8.00. The van der Waals surface area contributed by atoms with E-state index in [1.54, 1.807) is 23.4 Å². The summed E-state index contributed by atoms with van der Waals surface area (Å²) in [6.07, 6.45) is 3.70. The zero-order valence-electron chi connectivity index (χ0n) is 19.1. The molecule has 2 heterocycles. The molecule has 1 aromatic carbocycles. The summed E-state index contributed by atoms with van der Waals surface area (Å²) in [6.45, 7) is 5.67. The van der Waals surface area contributed by atoms with Crippen molar-refractivity contribution in [2.75, 3.05) is 44.2 Å². The van der Waals surface area contributed by atoms with Crippen LogP contribution in [0.4, 0.5) is 23.8 Å². The van der Waals surface area contributed by atoms with Gasteiger partial charge in [-0.25, -0.2) is 14.8 Å². The van der Waals surface area contributed by atoms with Crippen LogP contribution in [0.25, 0.3) is 0 Å². The summed E-state index contributed by atoms with van der Waals surface area (Å²) in [5.41, 5.74) is 4.55. The van der Waals surface area contributed by atoms with E-state index in [0.717, 1.165) is 29.9 Å². The first-order valence-electron chi connectivity index (χ1n) is 11.4. The van der Waals surface area contributed by atoms with Gasteiger partial charge >= 0.3 is 11.5 Å². The van der Waals surface area contributed by atoms with E-state index in [0.29, 0.717) is 51.7 Å². The number of nitrogens with zero attached hydrogens (tertiary/aromatic N) is 5. The number of alkyl halides is 3. The molecule has 2 aromatic rings. The number of nitrogens with two attached hydrogens (primary N) is 1. The molecule has 1 aromatic heterocycles. The van der Waals surface area contributed by atoms with Gasteiger partial charge in [-0.2, -0.15) is 13.2 Å². The molecule has 1 aliphatic carbocycles. The number of piperazine rings is 1. The Morgan fingerprint density at radius 2 is 1.88 bits per heavy atom. The molecule has 0 spiro atoms. The highest BCUT2D eigenvalue weighted by Crippen LogP contribution is 2.38. The predicted octanol–water partition coefficient (Wildman–Crippen LogP) is 3.84. The minimum Gasteiger partial charge on any atom is -0.353 e. The monoisotopic (exact) mass is 494 g/mol. The average molecular weight is 495 g/mol. The quantitative estimate of drug-likeness (QED) is 0.615. The highest BCUT2D eigenvalue weighted by Gasteiger charge is 2.31. The number of aromatic nitrogens is 2. The van der Waals surface area contributed by atoms with Crippen molar-refractivity contribution in [1.82, 2.24) is 19.8 Å². The molecule has 1 fully saturated rings. The van der Waals surface area contributed by atoms with E-state index < -0.39 is 5.51 Å². The van der Waals surface area contributed by atoms with Crippen molar-refractivity contribution in [1.29, 1.82) is 0 Å². The maximum atomic E-state index is 13.2. The molecule has 1 aliphatic heterocycles. The van der Waals surface area contributed by atoms with Gasteiger partial charge in [0.15, 0.2) is 0 Å². The number of rotatable bonds is 6. The van der Waals surface area contributed by atoms with Crippen LogP contribution in [0.5, 0.6) is 0 Å². The van der Waals surface area contributed by atoms with E-state index in [2.05, 4.69) is 21.8 Å². The van der Waals surface area contributed by atoms with Crippen LogP contribution < -0.4 is 10.6 Å². The first-order valence-corrected chi connectivity index (χ1v) is 12.2. The van der Waals surface area contributed by atoms with Crippen LogP contribution in [0.3, 0.4) is 0 Å². The first kappa shape index (κ1) is 24.6. The fourth-order valence-corrected chi connectivity index (χ4v) is 5.14. The molecule has 0 bridgehead atoms. The van der Waals surface area contributed by atoms with Gasteiger partial charge in [-0.3, -0.25) is 0 Å². The van der Waals surface area contributed by atoms with E-state index in [4.69, 9.17) is 5.73 Å². The van der Waals surface area contributed by atoms with Crippen LogP contribution in [0.1, 0.15) is 36.1 Å². The van der Waals surface area contributed by atoms with Crippen LogP contribution >= 0.6 is 11.8 Å². The highest BCUT2D eigenvalue weighted by atomic mass is 32.2. The minimum atomic E-state index is -4.32. The molecule has 0 saturated carbocycles. The summed E-state index contributed by atoms with van der Waals surface area (Å²) in [7, 11) is 0. The van der Waals surface area contributed by atoms with Crippen LogP contribution in [0.15, 0.2) is 35.5 Å². The lowest BCUT2D eigenvalue weighted by Gasteiger charge is -2.38. The predicted molar refractivity (Wildman–Crippen MR) is 126 cm³/mol. The summed E-state index contributed by atoms with van der Waals surface area (Å²) in [4.78, 5) is 28.0. The number of hydrogen-bond donors (Lipinski definition) is 1. The summed E-state index contributed by atoms with van der Waals surface area (Å²) in [6, 6.07) is 6.00. The number of halogens is 3. The van der Waals surface area contributed by atoms with Gasteiger partial charge in [0, 0.05) is 62.0 Å². The number of fused-ring (bicyclic) bond motifs is 1. The Morgan fingerprint density at radius 1 is 1.18 bits per heavy atom. The van der Waals surface area contributed by atoms with Crippen LogP contribution in [-0.4, -0.2) is 70.6 Å². The van der Waals surface area contributed by atoms with E-state index in [1.807, 2.05) is 4.90 Å². The lowest BCUT2D eigenvalue weighted by molar-refractivity contribution is -0.0328. The summed E-state index contributed by atoms with van der Waals surface area (Å²) in [5.74, 6) is 1.42. The number of carbonyl (C=O) groups excluding carboxylic acids is 1. The van der Waals surface area contributed by atoms with Gasteiger partial charge in [0.05, 0.1) is 0 Å². The molecule has 7 nitrogen and oxygen atoms in total. The Hall–Kier alpha value is -2.53. The van der Waals surface area contributed by atoms with Crippen LogP contribution in [-0.2, 0) is 13.0 Å². The first-order chi connectivity index (χ1) is 16.2. The standard InChI is InChI=1S/C23H29F3N6OS/c1-16-2-7-19-20(16)21(29-15-28-19)30-10-12-31(13-11-30)22(33)32(9-8-27)14-17-3-5-18(6-4-17)34-23(24,25)26/h3-6,15-16H,2,7-14,27H2,1H3/t16-/m1/s1. The third-order valence-corrected chi connectivity index (χ3v) is 7.04. The molecule has 11 heteroatoms. The number of thioether (sulfide) groups is 1. The number of carbonyl (C=O) groups is 1. The second-order valence-corrected chi connectivity index (χ2v) is 9.79. The molecule has 184 valence electrons. The molecule has 4 rings (SSSR count). The lowest BCUT2D eigenvalue weighted by atomic mass is 10.1. The van der Waals surface area contributed by atoms with Gasteiger partial charge in [0.1, 0.15) is 12.1 Å². The zero-order valence-corrected chi connectivity index (χ0v) is 19.9. The van der Waals surface area contributed by atoms with Crippen molar-refractivity contribution in [2.45, 2.75) is 42.6 Å². The smallest absolute Gasteiger partial charge is 0.353 e. The molecule has 0 radical (unpaired) electrons. The van der Waals surface area contributed by atoms with E-state index in [9.17, 15) is 18.0 Å². The normalized spacial score (nSPS) is 18.2. The lowest BCUT2D eigenvalue weighted by Crippen LogP contribution is -2.53. The molecule has 1 atom stereocenters. The Balaban J connectivity index is 1.38. The number of aryl methyl sites for hydroxylation is 1. The van der Waals surface area contributed by atoms with Gasteiger partial charge in [0.25, 0.3) is 0 Å². The van der Waals surface area contributed by atoms with Crippen LogP contribution in [0, 0.1) is 0 Å². The van der Waals surface area contributed by atoms with Gasteiger partial charge in [-0.1, -0.05) is 19.1 Å². The Morgan fingerprint density at radius 3 is 2.53 bits per heavy atom. The van der Waals surface area contributed by atoms with Crippen molar-refractivity contribution in [3.63, 3.8) is 0 Å². The second kappa shape index (κ2) is 10.4.